The predicted molar refractivity (Wildman–Crippen MR) is 111 cm³/mol. The van der Waals surface area contributed by atoms with Gasteiger partial charge in [-0.2, -0.15) is 0 Å². The summed E-state index contributed by atoms with van der Waals surface area (Å²) in [5.41, 5.74) is 2.24. The van der Waals surface area contributed by atoms with Crippen LogP contribution in [0.2, 0.25) is 0 Å². The van der Waals surface area contributed by atoms with E-state index in [1.165, 1.54) is 36.7 Å². The Morgan fingerprint density at radius 1 is 1.17 bits per heavy atom. The molecule has 0 saturated carbocycles. The Labute approximate surface area is 171 Å². The second kappa shape index (κ2) is 9.75. The number of hydrogen-bond donors (Lipinski definition) is 1. The third-order valence-corrected chi connectivity index (χ3v) is 5.05. The number of hydrogen-bond acceptors (Lipinski definition) is 5. The van der Waals surface area contributed by atoms with E-state index in [1.54, 1.807) is 18.2 Å². The highest BCUT2D eigenvalue weighted by atomic mass is 32.1. The lowest BCUT2D eigenvalue weighted by Gasteiger charge is -2.17. The molecule has 1 heterocycles. The van der Waals surface area contributed by atoms with Crippen LogP contribution in [-0.2, 0) is 14.3 Å². The first-order chi connectivity index (χ1) is 14.0. The molecule has 2 aromatic carbocycles. The molecule has 5 nitrogen and oxygen atoms in total. The quantitative estimate of drug-likeness (QED) is 0.464. The van der Waals surface area contributed by atoms with Gasteiger partial charge in [-0.15, -0.1) is 11.3 Å². The van der Waals surface area contributed by atoms with Crippen LogP contribution in [0.15, 0.2) is 66.1 Å². The van der Waals surface area contributed by atoms with Crippen LogP contribution in [0.4, 0.5) is 4.39 Å². The lowest BCUT2D eigenvalue weighted by Crippen LogP contribution is -2.29. The lowest BCUT2D eigenvalue weighted by atomic mass is 10.0. The van der Waals surface area contributed by atoms with Crippen molar-refractivity contribution in [2.24, 2.45) is 0 Å². The van der Waals surface area contributed by atoms with Crippen molar-refractivity contribution in [2.45, 2.75) is 12.5 Å². The van der Waals surface area contributed by atoms with E-state index >= 15 is 0 Å². The number of methoxy groups -OCH3 is 1. The Kier molecular flexibility index (Phi) is 6.86. The molecule has 1 atom stereocenters. The normalized spacial score (nSPS) is 11.9. The van der Waals surface area contributed by atoms with Crippen molar-refractivity contribution >= 4 is 29.3 Å². The summed E-state index contributed by atoms with van der Waals surface area (Å²) in [7, 11) is 1.31. The Hall–Kier alpha value is -3.32. The van der Waals surface area contributed by atoms with Crippen LogP contribution in [0.5, 0.6) is 0 Å². The molecule has 7 heteroatoms. The third kappa shape index (κ3) is 5.83. The van der Waals surface area contributed by atoms with E-state index < -0.39 is 12.0 Å². The Balaban J connectivity index is 1.67. The largest absolute Gasteiger partial charge is 0.469 e. The summed E-state index contributed by atoms with van der Waals surface area (Å²) in [6, 6.07) is 14.8. The summed E-state index contributed by atoms with van der Waals surface area (Å²) in [6.07, 6.45) is 3.00. The van der Waals surface area contributed by atoms with Crippen LogP contribution in [-0.4, -0.2) is 24.0 Å². The van der Waals surface area contributed by atoms with Crippen LogP contribution in [0.1, 0.15) is 23.7 Å². The summed E-state index contributed by atoms with van der Waals surface area (Å²) in [4.78, 5) is 28.5. The smallest absolute Gasteiger partial charge is 0.307 e. The maximum absolute atomic E-state index is 13.0. The monoisotopic (exact) mass is 410 g/mol. The molecule has 29 heavy (non-hydrogen) atoms. The molecule has 1 aromatic heterocycles. The highest BCUT2D eigenvalue weighted by molar-refractivity contribution is 7.13. The molecule has 148 valence electrons. The van der Waals surface area contributed by atoms with Crippen LogP contribution in [0.3, 0.4) is 0 Å². The lowest BCUT2D eigenvalue weighted by molar-refractivity contribution is -0.141. The standard InChI is InChI=1S/C22H19FN2O3S/c1-28-21(27)13-19(15-5-3-2-4-6-15)25-20(26)12-11-18-14-29-22(24-18)16-7-9-17(23)10-8-16/h2-12,14,19H,13H2,1H3,(H,25,26)/b12-11+. The van der Waals surface area contributed by atoms with Crippen molar-refractivity contribution in [1.29, 1.82) is 0 Å². The van der Waals surface area contributed by atoms with Crippen LogP contribution in [0, 0.1) is 5.82 Å². The number of nitrogens with zero attached hydrogens (tertiary/aromatic N) is 1. The highest BCUT2D eigenvalue weighted by Crippen LogP contribution is 2.24. The average Bonchev–Trinajstić information content (AvgIpc) is 3.22. The summed E-state index contributed by atoms with van der Waals surface area (Å²) >= 11 is 1.40. The van der Waals surface area contributed by atoms with E-state index in [0.29, 0.717) is 5.69 Å². The Morgan fingerprint density at radius 3 is 2.59 bits per heavy atom. The molecule has 0 aliphatic carbocycles. The van der Waals surface area contributed by atoms with Gasteiger partial charge in [0.1, 0.15) is 10.8 Å². The minimum atomic E-state index is -0.494. The summed E-state index contributed by atoms with van der Waals surface area (Å²) in [5.74, 6) is -1.06. The minimum absolute atomic E-state index is 0.0332. The number of aromatic nitrogens is 1. The molecule has 0 saturated heterocycles. The van der Waals surface area contributed by atoms with Crippen molar-refractivity contribution in [3.63, 3.8) is 0 Å². The number of amides is 1. The van der Waals surface area contributed by atoms with Crippen molar-refractivity contribution < 1.29 is 18.7 Å². The maximum Gasteiger partial charge on any atom is 0.307 e. The topological polar surface area (TPSA) is 68.3 Å². The summed E-state index contributed by atoms with van der Waals surface area (Å²) in [5, 5.41) is 5.37. The first-order valence-electron chi connectivity index (χ1n) is 8.87. The molecule has 1 unspecified atom stereocenters. The van der Waals surface area contributed by atoms with Gasteiger partial charge in [-0.1, -0.05) is 30.3 Å². The number of nitrogens with one attached hydrogen (secondary N) is 1. The molecule has 3 aromatic rings. The van der Waals surface area contributed by atoms with Crippen molar-refractivity contribution in [3.8, 4) is 10.6 Å². The molecule has 1 N–H and O–H groups in total. The third-order valence-electron chi connectivity index (χ3n) is 4.14. The van der Waals surface area contributed by atoms with Crippen LogP contribution in [0.25, 0.3) is 16.6 Å². The minimum Gasteiger partial charge on any atom is -0.469 e. The predicted octanol–water partition coefficient (Wildman–Crippen LogP) is 4.38. The summed E-state index contributed by atoms with van der Waals surface area (Å²) < 4.78 is 17.8. The van der Waals surface area contributed by atoms with E-state index in [2.05, 4.69) is 10.3 Å². The van der Waals surface area contributed by atoms with Gasteiger partial charge in [0.15, 0.2) is 0 Å². The number of carbonyl (C=O) groups is 2. The van der Waals surface area contributed by atoms with Crippen molar-refractivity contribution in [1.82, 2.24) is 10.3 Å². The number of ether oxygens (including phenoxy) is 1. The van der Waals surface area contributed by atoms with Gasteiger partial charge in [-0.05, 0) is 35.9 Å². The molecular formula is C22H19FN2O3S. The number of carbonyl (C=O) groups excluding carboxylic acids is 2. The fourth-order valence-corrected chi connectivity index (χ4v) is 3.45. The number of esters is 1. The average molecular weight is 410 g/mol. The van der Waals surface area contributed by atoms with E-state index in [9.17, 15) is 14.0 Å². The molecule has 0 radical (unpaired) electrons. The van der Waals surface area contributed by atoms with Gasteiger partial charge in [0.25, 0.3) is 0 Å². The van der Waals surface area contributed by atoms with Gasteiger partial charge in [0, 0.05) is 17.0 Å². The van der Waals surface area contributed by atoms with E-state index in [4.69, 9.17) is 4.74 Å². The van der Waals surface area contributed by atoms with Gasteiger partial charge in [0.2, 0.25) is 5.91 Å². The highest BCUT2D eigenvalue weighted by Gasteiger charge is 2.17. The summed E-state index contributed by atoms with van der Waals surface area (Å²) in [6.45, 7) is 0. The second-order valence-electron chi connectivity index (χ2n) is 6.17. The van der Waals surface area contributed by atoms with Gasteiger partial charge in [-0.3, -0.25) is 9.59 Å². The van der Waals surface area contributed by atoms with Gasteiger partial charge < -0.3 is 10.1 Å². The van der Waals surface area contributed by atoms with Crippen LogP contribution < -0.4 is 5.32 Å². The SMILES string of the molecule is COC(=O)CC(NC(=O)/C=C/c1csc(-c2ccc(F)cc2)n1)c1ccccc1. The van der Waals surface area contributed by atoms with E-state index in [-0.39, 0.29) is 18.1 Å². The first-order valence-corrected chi connectivity index (χ1v) is 9.75. The number of thiazole rings is 1. The maximum atomic E-state index is 13.0. The van der Waals surface area contributed by atoms with Gasteiger partial charge in [0.05, 0.1) is 25.3 Å². The Morgan fingerprint density at radius 2 is 1.90 bits per heavy atom. The van der Waals surface area contributed by atoms with Crippen molar-refractivity contribution in [2.75, 3.05) is 7.11 Å². The number of rotatable bonds is 7. The van der Waals surface area contributed by atoms with Crippen LogP contribution >= 0.6 is 11.3 Å². The molecular weight excluding hydrogens is 391 g/mol. The molecule has 0 aliphatic heterocycles. The fourth-order valence-electron chi connectivity index (χ4n) is 2.66. The first kappa shape index (κ1) is 20.4. The molecule has 0 spiro atoms. The molecule has 0 aliphatic rings. The zero-order valence-electron chi connectivity index (χ0n) is 15.7. The zero-order chi connectivity index (χ0) is 20.6. The number of halogens is 1. The second-order valence-corrected chi connectivity index (χ2v) is 7.03. The van der Waals surface area contributed by atoms with Gasteiger partial charge in [-0.25, -0.2) is 9.37 Å². The fraction of sp³-hybridized carbons (Fsp3) is 0.136. The zero-order valence-corrected chi connectivity index (χ0v) is 16.5. The molecule has 0 bridgehead atoms. The molecule has 1 amide bonds. The molecule has 0 fully saturated rings. The molecule has 3 rings (SSSR count). The van der Waals surface area contributed by atoms with E-state index in [0.717, 1.165) is 16.1 Å². The number of benzene rings is 2. The Bertz CT molecular complexity index is 1000. The van der Waals surface area contributed by atoms with Crippen molar-refractivity contribution in [3.05, 3.63) is 83.1 Å². The van der Waals surface area contributed by atoms with Gasteiger partial charge >= 0.3 is 5.97 Å². The van der Waals surface area contributed by atoms with E-state index in [1.807, 2.05) is 35.7 Å².